The van der Waals surface area contributed by atoms with Gasteiger partial charge in [0.2, 0.25) is 0 Å². The molecule has 1 unspecified atom stereocenters. The zero-order valence-electron chi connectivity index (χ0n) is 16.8. The summed E-state index contributed by atoms with van der Waals surface area (Å²) in [6, 6.07) is 1.64. The highest BCUT2D eigenvalue weighted by molar-refractivity contribution is 6.31. The molecule has 3 aromatic heterocycles. The van der Waals surface area contributed by atoms with Crippen LogP contribution in [-0.4, -0.2) is 32.3 Å². The second-order valence-electron chi connectivity index (χ2n) is 6.09. The molecule has 3 rings (SSSR count). The second kappa shape index (κ2) is 10.2. The summed E-state index contributed by atoms with van der Waals surface area (Å²) in [4.78, 5) is 27.7. The van der Waals surface area contributed by atoms with E-state index >= 15 is 0 Å². The number of halogens is 3. The minimum Gasteiger partial charge on any atom is -0.337 e. The number of carbonyl (C=O) groups is 1. The second-order valence-corrected chi connectivity index (χ2v) is 6.50. The average molecular weight is 424 g/mol. The van der Waals surface area contributed by atoms with Gasteiger partial charge in [0, 0.05) is 23.7 Å². The normalized spacial score (nSPS) is 11.9. The summed E-state index contributed by atoms with van der Waals surface area (Å²) in [5, 5.41) is 2.78. The molecule has 0 aromatic carbocycles. The van der Waals surface area contributed by atoms with Crippen molar-refractivity contribution in [2.45, 2.75) is 53.0 Å². The van der Waals surface area contributed by atoms with Crippen molar-refractivity contribution >= 4 is 28.7 Å². The van der Waals surface area contributed by atoms with Crippen molar-refractivity contribution in [2.24, 2.45) is 0 Å². The molecule has 0 aliphatic heterocycles. The number of pyridine rings is 2. The molecule has 2 N–H and O–H groups in total. The van der Waals surface area contributed by atoms with Gasteiger partial charge in [-0.3, -0.25) is 9.78 Å². The highest BCUT2D eigenvalue weighted by Gasteiger charge is 2.28. The molecule has 29 heavy (non-hydrogen) atoms. The summed E-state index contributed by atoms with van der Waals surface area (Å²) < 4.78 is 27.4. The molecule has 0 fully saturated rings. The Labute approximate surface area is 173 Å². The maximum absolute atomic E-state index is 13.7. The average Bonchev–Trinajstić information content (AvgIpc) is 3.16. The summed E-state index contributed by atoms with van der Waals surface area (Å²) in [5.74, 6) is -0.852. The predicted molar refractivity (Wildman–Crippen MR) is 109 cm³/mol. The lowest BCUT2D eigenvalue weighted by Crippen LogP contribution is -2.34. The van der Waals surface area contributed by atoms with Crippen molar-refractivity contribution in [1.82, 2.24) is 25.3 Å². The van der Waals surface area contributed by atoms with Gasteiger partial charge < -0.3 is 10.3 Å². The molecular formula is C20H24ClF2N5O. The zero-order valence-corrected chi connectivity index (χ0v) is 17.5. The molecule has 156 valence electrons. The number of amides is 1. The molecule has 1 atom stereocenters. The third-order valence-corrected chi connectivity index (χ3v) is 4.60. The van der Waals surface area contributed by atoms with E-state index in [1.807, 2.05) is 20.8 Å². The minimum absolute atomic E-state index is 0.102. The standard InChI is InChI=1S/C18H18ClF2N5O.C2H6/c1-3-5-12-10(6-4-7-22-12)14(15(20)21)25-18(27)17-24-13-9(2)11(19)8-23-16(13)26-17;1-2/h4,6-8,14-15H,3,5H2,1-2H3,(H,25,27)(H,23,24,26);1-2H3. The number of alkyl halides is 2. The maximum atomic E-state index is 13.7. The highest BCUT2D eigenvalue weighted by atomic mass is 35.5. The number of H-pyrrole nitrogens is 1. The van der Waals surface area contributed by atoms with Crippen LogP contribution >= 0.6 is 11.6 Å². The fourth-order valence-corrected chi connectivity index (χ4v) is 2.97. The maximum Gasteiger partial charge on any atom is 0.287 e. The molecule has 0 saturated heterocycles. The van der Waals surface area contributed by atoms with Gasteiger partial charge in [-0.1, -0.05) is 44.9 Å². The van der Waals surface area contributed by atoms with E-state index in [1.165, 1.54) is 6.20 Å². The number of aryl methyl sites for hydroxylation is 2. The van der Waals surface area contributed by atoms with Gasteiger partial charge in [-0.05, 0) is 25.0 Å². The molecule has 0 aliphatic rings. The number of aromatic amines is 1. The third kappa shape index (κ3) is 5.06. The number of carbonyl (C=O) groups excluding carboxylic acids is 1. The minimum atomic E-state index is -2.80. The number of nitrogens with one attached hydrogen (secondary N) is 2. The van der Waals surface area contributed by atoms with E-state index in [2.05, 4.69) is 25.3 Å². The summed E-state index contributed by atoms with van der Waals surface area (Å²) in [6.45, 7) is 7.68. The fourth-order valence-electron chi connectivity index (χ4n) is 2.83. The van der Waals surface area contributed by atoms with Crippen molar-refractivity contribution in [3.05, 3.63) is 52.2 Å². The number of hydrogen-bond donors (Lipinski definition) is 2. The number of aromatic nitrogens is 4. The first-order valence-electron chi connectivity index (χ1n) is 9.46. The number of imidazole rings is 1. The SMILES string of the molecule is CC.CCCc1ncccc1C(NC(=O)c1nc2ncc(Cl)c(C)c2[nH]1)C(F)F. The van der Waals surface area contributed by atoms with Gasteiger partial charge in [0.15, 0.2) is 11.5 Å². The van der Waals surface area contributed by atoms with Gasteiger partial charge in [-0.15, -0.1) is 0 Å². The summed E-state index contributed by atoms with van der Waals surface area (Å²) in [7, 11) is 0. The van der Waals surface area contributed by atoms with Crippen LogP contribution in [0.5, 0.6) is 0 Å². The van der Waals surface area contributed by atoms with Gasteiger partial charge in [-0.2, -0.15) is 0 Å². The predicted octanol–water partition coefficient (Wildman–Crippen LogP) is 5.03. The highest BCUT2D eigenvalue weighted by Crippen LogP contribution is 2.25. The van der Waals surface area contributed by atoms with Crippen molar-refractivity contribution in [3.63, 3.8) is 0 Å². The third-order valence-electron chi connectivity index (χ3n) is 4.22. The Balaban J connectivity index is 0.00000145. The van der Waals surface area contributed by atoms with Crippen LogP contribution in [0.4, 0.5) is 8.78 Å². The van der Waals surface area contributed by atoms with Crippen LogP contribution in [0.25, 0.3) is 11.2 Å². The first kappa shape index (κ1) is 22.7. The van der Waals surface area contributed by atoms with E-state index in [0.29, 0.717) is 39.4 Å². The Morgan fingerprint density at radius 1 is 1.31 bits per heavy atom. The number of rotatable bonds is 6. The molecule has 0 aliphatic carbocycles. The molecular weight excluding hydrogens is 400 g/mol. The topological polar surface area (TPSA) is 83.6 Å². The van der Waals surface area contributed by atoms with E-state index < -0.39 is 18.4 Å². The van der Waals surface area contributed by atoms with E-state index in [0.717, 1.165) is 6.42 Å². The largest absolute Gasteiger partial charge is 0.337 e. The monoisotopic (exact) mass is 423 g/mol. The van der Waals surface area contributed by atoms with Crippen LogP contribution in [0, 0.1) is 6.92 Å². The Hall–Kier alpha value is -2.61. The van der Waals surface area contributed by atoms with E-state index in [-0.39, 0.29) is 5.82 Å². The molecule has 6 nitrogen and oxygen atoms in total. The van der Waals surface area contributed by atoms with Gasteiger partial charge in [0.25, 0.3) is 12.3 Å². The van der Waals surface area contributed by atoms with Crippen molar-refractivity contribution in [3.8, 4) is 0 Å². The summed E-state index contributed by atoms with van der Waals surface area (Å²) >= 11 is 6.01. The Kier molecular flexibility index (Phi) is 8.01. The molecule has 3 aromatic rings. The Bertz CT molecular complexity index is 977. The lowest BCUT2D eigenvalue weighted by atomic mass is 10.0. The van der Waals surface area contributed by atoms with E-state index in [4.69, 9.17) is 11.6 Å². The quantitative estimate of drug-likeness (QED) is 0.582. The Morgan fingerprint density at radius 3 is 2.69 bits per heavy atom. The van der Waals surface area contributed by atoms with Crippen molar-refractivity contribution in [2.75, 3.05) is 0 Å². The van der Waals surface area contributed by atoms with Crippen molar-refractivity contribution in [1.29, 1.82) is 0 Å². The van der Waals surface area contributed by atoms with Crippen LogP contribution in [0.3, 0.4) is 0 Å². The number of nitrogens with zero attached hydrogens (tertiary/aromatic N) is 3. The molecule has 1 amide bonds. The van der Waals surface area contributed by atoms with Gasteiger partial charge in [0.05, 0.1) is 10.5 Å². The smallest absolute Gasteiger partial charge is 0.287 e. The van der Waals surface area contributed by atoms with Gasteiger partial charge >= 0.3 is 0 Å². The van der Waals surface area contributed by atoms with Crippen LogP contribution in [0.2, 0.25) is 5.02 Å². The lowest BCUT2D eigenvalue weighted by molar-refractivity contribution is 0.0734. The first-order valence-corrected chi connectivity index (χ1v) is 9.83. The van der Waals surface area contributed by atoms with Crippen molar-refractivity contribution < 1.29 is 13.6 Å². The fraction of sp³-hybridized carbons (Fsp3) is 0.400. The van der Waals surface area contributed by atoms with Gasteiger partial charge in [0.1, 0.15) is 6.04 Å². The summed E-state index contributed by atoms with van der Waals surface area (Å²) in [5.41, 5.74) is 2.31. The zero-order chi connectivity index (χ0) is 21.6. The molecule has 3 heterocycles. The van der Waals surface area contributed by atoms with Crippen LogP contribution in [-0.2, 0) is 6.42 Å². The van der Waals surface area contributed by atoms with Crippen LogP contribution in [0.1, 0.15) is 60.7 Å². The molecule has 0 spiro atoms. The molecule has 9 heteroatoms. The van der Waals surface area contributed by atoms with Crippen LogP contribution in [0.15, 0.2) is 24.5 Å². The van der Waals surface area contributed by atoms with E-state index in [1.54, 1.807) is 25.3 Å². The molecule has 0 bridgehead atoms. The molecule has 0 radical (unpaired) electrons. The number of hydrogen-bond acceptors (Lipinski definition) is 4. The first-order chi connectivity index (χ1) is 13.9. The van der Waals surface area contributed by atoms with Crippen LogP contribution < -0.4 is 5.32 Å². The molecule has 0 saturated carbocycles. The summed E-state index contributed by atoms with van der Waals surface area (Å²) in [6.07, 6.45) is 1.48. The Morgan fingerprint density at radius 2 is 2.03 bits per heavy atom. The van der Waals surface area contributed by atoms with Gasteiger partial charge in [-0.25, -0.2) is 18.7 Å². The number of fused-ring (bicyclic) bond motifs is 1. The lowest BCUT2D eigenvalue weighted by Gasteiger charge is -2.20. The van der Waals surface area contributed by atoms with E-state index in [9.17, 15) is 13.6 Å².